The minimum absolute atomic E-state index is 0.0559. The highest BCUT2D eigenvalue weighted by Crippen LogP contribution is 2.29. The van der Waals surface area contributed by atoms with Crippen LogP contribution in [0.3, 0.4) is 0 Å². The molecule has 158 valence electrons. The van der Waals surface area contributed by atoms with E-state index in [1.807, 2.05) is 13.8 Å². The van der Waals surface area contributed by atoms with Gasteiger partial charge >= 0.3 is 6.18 Å². The lowest BCUT2D eigenvalue weighted by Gasteiger charge is -2.10. The van der Waals surface area contributed by atoms with Crippen LogP contribution in [0.4, 0.5) is 13.2 Å². The van der Waals surface area contributed by atoms with E-state index in [9.17, 15) is 26.4 Å². The first-order chi connectivity index (χ1) is 13.5. The lowest BCUT2D eigenvalue weighted by molar-refractivity contribution is -0.137. The lowest BCUT2D eigenvalue weighted by Crippen LogP contribution is -2.30. The van der Waals surface area contributed by atoms with Crippen molar-refractivity contribution >= 4 is 15.9 Å². The third kappa shape index (κ3) is 6.86. The Balaban J connectivity index is 1.80. The van der Waals surface area contributed by atoms with Gasteiger partial charge in [0.15, 0.2) is 0 Å². The zero-order chi connectivity index (χ0) is 21.7. The van der Waals surface area contributed by atoms with Gasteiger partial charge in [-0.15, -0.1) is 0 Å². The Labute approximate surface area is 168 Å². The Morgan fingerprint density at radius 3 is 2.10 bits per heavy atom. The van der Waals surface area contributed by atoms with E-state index in [2.05, 4.69) is 10.0 Å². The molecule has 2 rings (SSSR count). The van der Waals surface area contributed by atoms with Gasteiger partial charge in [-0.25, -0.2) is 13.1 Å². The number of alkyl halides is 3. The van der Waals surface area contributed by atoms with Gasteiger partial charge in [-0.1, -0.05) is 38.1 Å². The molecule has 0 fully saturated rings. The molecule has 0 unspecified atom stereocenters. The molecular formula is C20H23F3N2O3S. The minimum Gasteiger partial charge on any atom is -0.352 e. The lowest BCUT2D eigenvalue weighted by atomic mass is 10.0. The molecule has 9 heteroatoms. The van der Waals surface area contributed by atoms with E-state index in [1.165, 1.54) is 24.3 Å². The summed E-state index contributed by atoms with van der Waals surface area (Å²) in [6, 6.07) is 11.0. The van der Waals surface area contributed by atoms with Crippen LogP contribution in [0.1, 0.15) is 42.9 Å². The average Bonchev–Trinajstić information content (AvgIpc) is 2.66. The van der Waals surface area contributed by atoms with Crippen LogP contribution in [0, 0.1) is 0 Å². The number of halogens is 3. The maximum Gasteiger partial charge on any atom is 0.416 e. The molecule has 0 aliphatic rings. The fourth-order valence-electron chi connectivity index (χ4n) is 2.51. The van der Waals surface area contributed by atoms with Crippen molar-refractivity contribution < 1.29 is 26.4 Å². The van der Waals surface area contributed by atoms with Gasteiger partial charge in [0.2, 0.25) is 15.9 Å². The number of benzene rings is 2. The van der Waals surface area contributed by atoms with Crippen LogP contribution in [0.5, 0.6) is 0 Å². The molecule has 0 saturated carbocycles. The highest BCUT2D eigenvalue weighted by Gasteiger charge is 2.29. The van der Waals surface area contributed by atoms with Crippen LogP contribution in [0.2, 0.25) is 0 Å². The molecule has 1 amide bonds. The number of hydrogen-bond acceptors (Lipinski definition) is 3. The van der Waals surface area contributed by atoms with Crippen molar-refractivity contribution in [1.29, 1.82) is 0 Å². The molecule has 0 saturated heterocycles. The zero-order valence-electron chi connectivity index (χ0n) is 16.1. The largest absolute Gasteiger partial charge is 0.416 e. The highest BCUT2D eigenvalue weighted by molar-refractivity contribution is 7.89. The van der Waals surface area contributed by atoms with E-state index < -0.39 is 27.7 Å². The predicted octanol–water partition coefficient (Wildman–Crippen LogP) is 3.81. The number of rotatable bonds is 8. The zero-order valence-corrected chi connectivity index (χ0v) is 16.9. The second-order valence-electron chi connectivity index (χ2n) is 6.84. The van der Waals surface area contributed by atoms with Crippen molar-refractivity contribution in [3.05, 3.63) is 65.2 Å². The second kappa shape index (κ2) is 9.41. The molecule has 5 nitrogen and oxygen atoms in total. The van der Waals surface area contributed by atoms with Gasteiger partial charge in [-0.3, -0.25) is 4.79 Å². The molecule has 0 heterocycles. The molecule has 0 bridgehead atoms. The molecule has 0 atom stereocenters. The van der Waals surface area contributed by atoms with Crippen LogP contribution in [-0.4, -0.2) is 20.9 Å². The molecule has 0 radical (unpaired) electrons. The van der Waals surface area contributed by atoms with Crippen LogP contribution in [0.25, 0.3) is 0 Å². The highest BCUT2D eigenvalue weighted by atomic mass is 32.2. The fraction of sp³-hybridized carbons (Fsp3) is 0.350. The second-order valence-corrected chi connectivity index (χ2v) is 8.61. The Bertz CT molecular complexity index is 923. The first kappa shape index (κ1) is 22.9. The van der Waals surface area contributed by atoms with Gasteiger partial charge in [-0.2, -0.15) is 13.2 Å². The van der Waals surface area contributed by atoms with Crippen LogP contribution < -0.4 is 10.0 Å². The molecule has 2 aromatic carbocycles. The SMILES string of the molecule is CC(C)c1ccc(S(=O)(=O)NCCC(=O)NCc2ccc(C(F)(F)F)cc2)cc1. The molecule has 0 spiro atoms. The van der Waals surface area contributed by atoms with Gasteiger partial charge in [0, 0.05) is 19.5 Å². The molecule has 0 aliphatic carbocycles. The van der Waals surface area contributed by atoms with E-state index in [4.69, 9.17) is 0 Å². The Morgan fingerprint density at radius 2 is 1.59 bits per heavy atom. The average molecular weight is 428 g/mol. The van der Waals surface area contributed by atoms with E-state index in [0.717, 1.165) is 17.7 Å². The van der Waals surface area contributed by atoms with Crippen molar-refractivity contribution in [1.82, 2.24) is 10.0 Å². The maximum atomic E-state index is 12.5. The Hall–Kier alpha value is -2.39. The van der Waals surface area contributed by atoms with E-state index in [-0.39, 0.29) is 30.3 Å². The quantitative estimate of drug-likeness (QED) is 0.671. The fourth-order valence-corrected chi connectivity index (χ4v) is 3.55. The predicted molar refractivity (Wildman–Crippen MR) is 104 cm³/mol. The summed E-state index contributed by atoms with van der Waals surface area (Å²) in [5.41, 5.74) is 0.771. The normalized spacial score (nSPS) is 12.2. The number of sulfonamides is 1. The summed E-state index contributed by atoms with van der Waals surface area (Å²) in [5.74, 6) is -0.129. The van der Waals surface area contributed by atoms with Gasteiger partial charge in [0.1, 0.15) is 0 Å². The Kier molecular flexibility index (Phi) is 7.43. The summed E-state index contributed by atoms with van der Waals surface area (Å²) in [4.78, 5) is 12.0. The van der Waals surface area contributed by atoms with E-state index in [1.54, 1.807) is 12.1 Å². The third-order valence-corrected chi connectivity index (χ3v) is 5.75. The van der Waals surface area contributed by atoms with Crippen LogP contribution in [-0.2, 0) is 27.5 Å². The summed E-state index contributed by atoms with van der Waals surface area (Å²) in [6.45, 7) is 3.98. The van der Waals surface area contributed by atoms with Gasteiger partial charge in [0.25, 0.3) is 0 Å². The number of amides is 1. The summed E-state index contributed by atoms with van der Waals surface area (Å²) in [5, 5.41) is 2.55. The number of nitrogens with one attached hydrogen (secondary N) is 2. The molecule has 29 heavy (non-hydrogen) atoms. The van der Waals surface area contributed by atoms with Crippen molar-refractivity contribution in [2.75, 3.05) is 6.54 Å². The van der Waals surface area contributed by atoms with Gasteiger partial charge in [0.05, 0.1) is 10.5 Å². The first-order valence-corrected chi connectivity index (χ1v) is 10.5. The number of hydrogen-bond donors (Lipinski definition) is 2. The van der Waals surface area contributed by atoms with E-state index in [0.29, 0.717) is 5.56 Å². The van der Waals surface area contributed by atoms with Crippen molar-refractivity contribution in [2.24, 2.45) is 0 Å². The molecule has 0 aromatic heterocycles. The smallest absolute Gasteiger partial charge is 0.352 e. The minimum atomic E-state index is -4.41. The summed E-state index contributed by atoms with van der Waals surface area (Å²) < 4.78 is 64.4. The van der Waals surface area contributed by atoms with E-state index >= 15 is 0 Å². The molecule has 2 N–H and O–H groups in total. The summed E-state index contributed by atoms with van der Waals surface area (Å²) in [7, 11) is -3.72. The van der Waals surface area contributed by atoms with Crippen molar-refractivity contribution in [3.8, 4) is 0 Å². The van der Waals surface area contributed by atoms with Gasteiger partial charge < -0.3 is 5.32 Å². The summed E-state index contributed by atoms with van der Waals surface area (Å²) >= 11 is 0. The van der Waals surface area contributed by atoms with Gasteiger partial charge in [-0.05, 0) is 41.3 Å². The molecular weight excluding hydrogens is 405 g/mol. The van der Waals surface area contributed by atoms with Crippen molar-refractivity contribution in [2.45, 2.75) is 43.8 Å². The monoisotopic (exact) mass is 428 g/mol. The van der Waals surface area contributed by atoms with Crippen molar-refractivity contribution in [3.63, 3.8) is 0 Å². The topological polar surface area (TPSA) is 75.3 Å². The molecule has 2 aromatic rings. The molecule has 0 aliphatic heterocycles. The number of carbonyl (C=O) groups is 1. The first-order valence-electron chi connectivity index (χ1n) is 9.01. The Morgan fingerprint density at radius 1 is 1.00 bits per heavy atom. The summed E-state index contributed by atoms with van der Waals surface area (Å²) in [6.07, 6.45) is -4.50. The number of carbonyl (C=O) groups excluding carboxylic acids is 1. The standard InChI is InChI=1S/C20H23F3N2O3S/c1-14(2)16-5-9-18(10-6-16)29(27,28)25-12-11-19(26)24-13-15-3-7-17(8-4-15)20(21,22)23/h3-10,14,25H,11-13H2,1-2H3,(H,24,26). The van der Waals surface area contributed by atoms with Crippen LogP contribution in [0.15, 0.2) is 53.4 Å². The van der Waals surface area contributed by atoms with Crippen LogP contribution >= 0.6 is 0 Å². The third-order valence-electron chi connectivity index (χ3n) is 4.27. The maximum absolute atomic E-state index is 12.5.